The molecule has 0 radical (unpaired) electrons. The molecule has 0 spiro atoms. The number of amides is 1. The van der Waals surface area contributed by atoms with Gasteiger partial charge in [0.2, 0.25) is 0 Å². The number of ketones is 1. The summed E-state index contributed by atoms with van der Waals surface area (Å²) in [6.45, 7) is 2.04. The van der Waals surface area contributed by atoms with Gasteiger partial charge in [0.15, 0.2) is 5.78 Å². The molecule has 0 unspecified atom stereocenters. The minimum absolute atomic E-state index is 0.0192. The molecule has 1 aliphatic carbocycles. The Morgan fingerprint density at radius 2 is 1.92 bits per heavy atom. The van der Waals surface area contributed by atoms with E-state index in [-0.39, 0.29) is 18.3 Å². The van der Waals surface area contributed by atoms with Crippen molar-refractivity contribution in [1.82, 2.24) is 10.3 Å². The van der Waals surface area contributed by atoms with Gasteiger partial charge in [0.25, 0.3) is 5.91 Å². The quantitative estimate of drug-likeness (QED) is 0.384. The number of carbonyl (C=O) groups excluding carboxylic acids is 2. The van der Waals surface area contributed by atoms with Crippen LogP contribution in [0.25, 0.3) is 0 Å². The summed E-state index contributed by atoms with van der Waals surface area (Å²) in [6, 6.07) is 14.4. The van der Waals surface area contributed by atoms with Crippen molar-refractivity contribution in [2.45, 2.75) is 38.7 Å². The first-order chi connectivity index (χ1) is 17.9. The molecular formula is C28H26BrN3O5. The Morgan fingerprint density at radius 1 is 1.14 bits per heavy atom. The topological polar surface area (TPSA) is 103 Å². The van der Waals surface area contributed by atoms with Crippen molar-refractivity contribution in [2.24, 2.45) is 0 Å². The number of methoxy groups -OCH3 is 1. The van der Waals surface area contributed by atoms with Gasteiger partial charge in [0.1, 0.15) is 35.4 Å². The van der Waals surface area contributed by atoms with Crippen LogP contribution in [0.15, 0.2) is 86.2 Å². The zero-order chi connectivity index (χ0) is 25.9. The van der Waals surface area contributed by atoms with E-state index in [0.717, 1.165) is 28.8 Å². The largest absolute Gasteiger partial charge is 0.497 e. The third-order valence-corrected chi connectivity index (χ3v) is 6.87. The maximum absolute atomic E-state index is 13.5. The minimum Gasteiger partial charge on any atom is -0.497 e. The minimum atomic E-state index is -0.630. The summed E-state index contributed by atoms with van der Waals surface area (Å²) in [5.74, 6) is 1.97. The number of dihydropyridines is 1. The molecule has 8 nitrogen and oxygen atoms in total. The second kappa shape index (κ2) is 10.6. The molecule has 190 valence electrons. The smallest absolute Gasteiger partial charge is 0.255 e. The molecule has 1 amide bonds. The van der Waals surface area contributed by atoms with Gasteiger partial charge >= 0.3 is 0 Å². The van der Waals surface area contributed by atoms with Crippen LogP contribution < -0.4 is 20.1 Å². The molecule has 5 rings (SSSR count). The van der Waals surface area contributed by atoms with E-state index in [2.05, 4.69) is 31.5 Å². The Labute approximate surface area is 222 Å². The number of anilines is 1. The van der Waals surface area contributed by atoms with Gasteiger partial charge < -0.3 is 24.5 Å². The number of ether oxygens (including phenoxy) is 2. The molecule has 0 bridgehead atoms. The first kappa shape index (κ1) is 24.8. The van der Waals surface area contributed by atoms with Crippen molar-refractivity contribution in [3.05, 3.63) is 93.3 Å². The molecule has 0 saturated heterocycles. The second-order valence-corrected chi connectivity index (χ2v) is 9.77. The molecule has 2 aliphatic rings. The van der Waals surface area contributed by atoms with E-state index in [1.54, 1.807) is 25.4 Å². The first-order valence-corrected chi connectivity index (χ1v) is 12.7. The number of Topliss-reactive ketones (excluding diaryl/α,β-unsaturated/α-hetero) is 1. The highest BCUT2D eigenvalue weighted by atomic mass is 79.9. The summed E-state index contributed by atoms with van der Waals surface area (Å²) < 4.78 is 18.0. The third kappa shape index (κ3) is 5.32. The van der Waals surface area contributed by atoms with E-state index in [1.807, 2.05) is 43.3 Å². The fourth-order valence-corrected chi connectivity index (χ4v) is 4.89. The van der Waals surface area contributed by atoms with Crippen molar-refractivity contribution >= 4 is 33.4 Å². The Morgan fingerprint density at radius 3 is 2.65 bits per heavy atom. The summed E-state index contributed by atoms with van der Waals surface area (Å²) in [4.78, 5) is 30.9. The van der Waals surface area contributed by atoms with Crippen LogP contribution in [-0.2, 0) is 16.2 Å². The molecule has 0 saturated carbocycles. The second-order valence-electron chi connectivity index (χ2n) is 8.85. The SMILES string of the molecule is COc1ccc(OCc2ccc([C@H]3C(C(=O)Nc4ccc(Br)cn4)=C(C)NC4=C3C(=O)CCC4)o2)cc1. The van der Waals surface area contributed by atoms with Crippen LogP contribution in [0.4, 0.5) is 5.82 Å². The Balaban J connectivity index is 1.43. The predicted octanol–water partition coefficient (Wildman–Crippen LogP) is 5.63. The number of pyridine rings is 1. The maximum Gasteiger partial charge on any atom is 0.255 e. The van der Waals surface area contributed by atoms with E-state index >= 15 is 0 Å². The number of nitrogens with zero attached hydrogens (tertiary/aromatic N) is 1. The number of benzene rings is 1. The van der Waals surface area contributed by atoms with Crippen LogP contribution in [0.3, 0.4) is 0 Å². The molecular weight excluding hydrogens is 538 g/mol. The standard InChI is InChI=1S/C28H26BrN3O5/c1-16-25(28(34)32-24-13-6-17(29)14-30-24)27(26-21(31-16)4-3-5-22(26)33)23-12-11-20(37-23)15-36-19-9-7-18(35-2)8-10-19/h6-14,27,31H,3-5,15H2,1-2H3,(H,30,32,34)/t27-/m0/s1. The molecule has 1 aliphatic heterocycles. The van der Waals surface area contributed by atoms with Crippen molar-refractivity contribution < 1.29 is 23.5 Å². The van der Waals surface area contributed by atoms with Gasteiger partial charge in [-0.2, -0.15) is 0 Å². The maximum atomic E-state index is 13.5. The fraction of sp³-hybridized carbons (Fsp3) is 0.250. The van der Waals surface area contributed by atoms with E-state index < -0.39 is 5.92 Å². The number of hydrogen-bond donors (Lipinski definition) is 2. The Hall–Kier alpha value is -3.85. The van der Waals surface area contributed by atoms with Crippen LogP contribution >= 0.6 is 15.9 Å². The summed E-state index contributed by atoms with van der Waals surface area (Å²) in [7, 11) is 1.61. The molecule has 1 atom stereocenters. The van der Waals surface area contributed by atoms with Gasteiger partial charge in [-0.1, -0.05) is 0 Å². The van der Waals surface area contributed by atoms with Gasteiger partial charge in [-0.15, -0.1) is 0 Å². The average Bonchev–Trinajstić information content (AvgIpc) is 3.37. The van der Waals surface area contributed by atoms with E-state index in [9.17, 15) is 9.59 Å². The number of allylic oxidation sites excluding steroid dienone is 3. The van der Waals surface area contributed by atoms with Crippen LogP contribution in [0.2, 0.25) is 0 Å². The highest BCUT2D eigenvalue weighted by molar-refractivity contribution is 9.10. The third-order valence-electron chi connectivity index (χ3n) is 6.40. The summed E-state index contributed by atoms with van der Waals surface area (Å²) in [6.07, 6.45) is 3.56. The lowest BCUT2D eigenvalue weighted by Gasteiger charge is -2.33. The highest BCUT2D eigenvalue weighted by Crippen LogP contribution is 2.43. The van der Waals surface area contributed by atoms with Crippen molar-refractivity contribution in [1.29, 1.82) is 0 Å². The zero-order valence-corrected chi connectivity index (χ0v) is 22.1. The van der Waals surface area contributed by atoms with Gasteiger partial charge in [-0.25, -0.2) is 4.98 Å². The molecule has 37 heavy (non-hydrogen) atoms. The van der Waals surface area contributed by atoms with E-state index in [0.29, 0.717) is 46.4 Å². The Kier molecular flexibility index (Phi) is 7.14. The lowest BCUT2D eigenvalue weighted by Crippen LogP contribution is -2.35. The molecule has 0 fully saturated rings. The predicted molar refractivity (Wildman–Crippen MR) is 141 cm³/mol. The molecule has 1 aromatic carbocycles. The van der Waals surface area contributed by atoms with Gasteiger partial charge in [-0.05, 0) is 84.2 Å². The van der Waals surface area contributed by atoms with Crippen molar-refractivity contribution in [3.8, 4) is 11.5 Å². The number of hydrogen-bond acceptors (Lipinski definition) is 7. The van der Waals surface area contributed by atoms with Crippen molar-refractivity contribution in [3.63, 3.8) is 0 Å². The summed E-state index contributed by atoms with van der Waals surface area (Å²) in [5, 5.41) is 6.17. The molecule has 3 heterocycles. The highest BCUT2D eigenvalue weighted by Gasteiger charge is 2.40. The molecule has 3 aromatic rings. The van der Waals surface area contributed by atoms with Gasteiger partial charge in [0, 0.05) is 34.1 Å². The number of carbonyl (C=O) groups is 2. The number of nitrogens with one attached hydrogen (secondary N) is 2. The van der Waals surface area contributed by atoms with Gasteiger partial charge in [0.05, 0.1) is 18.6 Å². The van der Waals surface area contributed by atoms with Crippen LogP contribution in [0.5, 0.6) is 11.5 Å². The molecule has 9 heteroatoms. The number of halogens is 1. The first-order valence-electron chi connectivity index (χ1n) is 12.0. The number of aromatic nitrogens is 1. The normalized spacial score (nSPS) is 17.3. The van der Waals surface area contributed by atoms with Crippen LogP contribution in [-0.4, -0.2) is 23.8 Å². The monoisotopic (exact) mass is 563 g/mol. The van der Waals surface area contributed by atoms with Crippen molar-refractivity contribution in [2.75, 3.05) is 12.4 Å². The summed E-state index contributed by atoms with van der Waals surface area (Å²) in [5.41, 5.74) is 2.54. The molecule has 2 aromatic heterocycles. The lowest BCUT2D eigenvalue weighted by molar-refractivity contribution is -0.116. The van der Waals surface area contributed by atoms with Crippen LogP contribution in [0.1, 0.15) is 43.6 Å². The van der Waals surface area contributed by atoms with E-state index in [1.165, 1.54) is 0 Å². The number of furan rings is 1. The lowest BCUT2D eigenvalue weighted by atomic mass is 9.77. The Bertz CT molecular complexity index is 1390. The van der Waals surface area contributed by atoms with Gasteiger partial charge in [-0.3, -0.25) is 9.59 Å². The van der Waals surface area contributed by atoms with E-state index in [4.69, 9.17) is 13.9 Å². The number of rotatable bonds is 7. The fourth-order valence-electron chi connectivity index (χ4n) is 4.66. The molecule has 2 N–H and O–H groups in total. The van der Waals surface area contributed by atoms with Crippen LogP contribution in [0, 0.1) is 0 Å². The summed E-state index contributed by atoms with van der Waals surface area (Å²) >= 11 is 3.35. The average molecular weight is 564 g/mol. The zero-order valence-electron chi connectivity index (χ0n) is 20.5.